The van der Waals surface area contributed by atoms with Crippen molar-refractivity contribution in [2.45, 2.75) is 19.9 Å². The first kappa shape index (κ1) is 18.5. The molecular weight excluding hydrogens is 396 g/mol. The van der Waals surface area contributed by atoms with Gasteiger partial charge in [0.15, 0.2) is 16.6 Å². The molecule has 1 heterocycles. The first-order chi connectivity index (χ1) is 11.4. The molecular formula is C16H19BrN2O4S. The van der Waals surface area contributed by atoms with Crippen LogP contribution in [0.5, 0.6) is 11.5 Å². The number of carbonyl (C=O) groups excluding carboxylic acids is 1. The molecule has 1 aliphatic heterocycles. The molecule has 24 heavy (non-hydrogen) atoms. The SMILES string of the molecule is CCOc1cc([C@@H]2NC(=S)NC(C)=C2C(=O)OC)cc(Br)c1OC. The van der Waals surface area contributed by atoms with Crippen LogP contribution in [0.3, 0.4) is 0 Å². The minimum atomic E-state index is -0.451. The number of ether oxygens (including phenoxy) is 3. The quantitative estimate of drug-likeness (QED) is 0.566. The molecule has 0 saturated carbocycles. The lowest BCUT2D eigenvalue weighted by atomic mass is 9.95. The molecule has 130 valence electrons. The smallest absolute Gasteiger partial charge is 0.337 e. The van der Waals surface area contributed by atoms with Gasteiger partial charge in [-0.15, -0.1) is 0 Å². The lowest BCUT2D eigenvalue weighted by Crippen LogP contribution is -2.45. The number of allylic oxidation sites excluding steroid dienone is 1. The Labute approximate surface area is 154 Å². The number of hydrogen-bond acceptors (Lipinski definition) is 5. The Bertz CT molecular complexity index is 706. The maximum absolute atomic E-state index is 12.2. The van der Waals surface area contributed by atoms with Crippen LogP contribution in [0.4, 0.5) is 0 Å². The fourth-order valence-corrected chi connectivity index (χ4v) is 3.43. The van der Waals surface area contributed by atoms with Crippen molar-refractivity contribution in [2.24, 2.45) is 0 Å². The maximum Gasteiger partial charge on any atom is 0.337 e. The predicted molar refractivity (Wildman–Crippen MR) is 98.2 cm³/mol. The molecule has 0 spiro atoms. The molecule has 6 nitrogen and oxygen atoms in total. The van der Waals surface area contributed by atoms with Crippen LogP contribution in [0, 0.1) is 0 Å². The third-order valence-electron chi connectivity index (χ3n) is 3.54. The number of nitrogens with one attached hydrogen (secondary N) is 2. The van der Waals surface area contributed by atoms with E-state index in [1.165, 1.54) is 7.11 Å². The Morgan fingerprint density at radius 2 is 2.08 bits per heavy atom. The Hall–Kier alpha value is -1.80. The van der Waals surface area contributed by atoms with Gasteiger partial charge in [-0.1, -0.05) is 0 Å². The Kier molecular flexibility index (Phi) is 6.06. The molecule has 0 radical (unpaired) electrons. The molecule has 1 atom stereocenters. The highest BCUT2D eigenvalue weighted by Gasteiger charge is 2.31. The minimum absolute atomic E-state index is 0.426. The normalized spacial score (nSPS) is 17.0. The van der Waals surface area contributed by atoms with E-state index < -0.39 is 12.0 Å². The fraction of sp³-hybridized carbons (Fsp3) is 0.375. The molecule has 1 aromatic rings. The number of methoxy groups -OCH3 is 2. The van der Waals surface area contributed by atoms with E-state index in [9.17, 15) is 4.79 Å². The van der Waals surface area contributed by atoms with Gasteiger partial charge in [-0.05, 0) is 59.7 Å². The minimum Gasteiger partial charge on any atom is -0.492 e. The number of benzene rings is 1. The van der Waals surface area contributed by atoms with Gasteiger partial charge in [-0.2, -0.15) is 0 Å². The first-order valence-corrected chi connectivity index (χ1v) is 8.49. The van der Waals surface area contributed by atoms with Crippen molar-refractivity contribution in [3.05, 3.63) is 33.4 Å². The zero-order valence-corrected chi connectivity index (χ0v) is 16.3. The van der Waals surface area contributed by atoms with Gasteiger partial charge in [-0.25, -0.2) is 4.79 Å². The van der Waals surface area contributed by atoms with E-state index in [2.05, 4.69) is 26.6 Å². The van der Waals surface area contributed by atoms with Crippen LogP contribution >= 0.6 is 28.1 Å². The van der Waals surface area contributed by atoms with Gasteiger partial charge in [0.1, 0.15) is 0 Å². The monoisotopic (exact) mass is 414 g/mol. The van der Waals surface area contributed by atoms with Crippen LogP contribution < -0.4 is 20.1 Å². The van der Waals surface area contributed by atoms with Crippen molar-refractivity contribution in [2.75, 3.05) is 20.8 Å². The lowest BCUT2D eigenvalue weighted by Gasteiger charge is -2.30. The fourth-order valence-electron chi connectivity index (χ4n) is 2.54. The van der Waals surface area contributed by atoms with Gasteiger partial charge >= 0.3 is 5.97 Å². The van der Waals surface area contributed by atoms with Crippen LogP contribution in [0.2, 0.25) is 0 Å². The van der Waals surface area contributed by atoms with Gasteiger partial charge in [0, 0.05) is 5.70 Å². The molecule has 2 rings (SSSR count). The van der Waals surface area contributed by atoms with Crippen LogP contribution in [-0.2, 0) is 9.53 Å². The van der Waals surface area contributed by atoms with E-state index in [1.807, 2.05) is 19.1 Å². The summed E-state index contributed by atoms with van der Waals surface area (Å²) < 4.78 is 16.7. The molecule has 0 amide bonds. The molecule has 0 saturated heterocycles. The van der Waals surface area contributed by atoms with Crippen molar-refractivity contribution in [3.63, 3.8) is 0 Å². The van der Waals surface area contributed by atoms with Gasteiger partial charge in [-0.3, -0.25) is 0 Å². The van der Waals surface area contributed by atoms with Gasteiger partial charge in [0.2, 0.25) is 0 Å². The van der Waals surface area contributed by atoms with Crippen molar-refractivity contribution in [1.29, 1.82) is 0 Å². The molecule has 0 aromatic heterocycles. The number of carbonyl (C=O) groups is 1. The predicted octanol–water partition coefficient (Wildman–Crippen LogP) is 2.82. The summed E-state index contributed by atoms with van der Waals surface area (Å²) in [6.45, 7) is 4.17. The largest absolute Gasteiger partial charge is 0.492 e. The molecule has 2 N–H and O–H groups in total. The van der Waals surface area contributed by atoms with E-state index >= 15 is 0 Å². The first-order valence-electron chi connectivity index (χ1n) is 7.29. The summed E-state index contributed by atoms with van der Waals surface area (Å²) in [6, 6.07) is 3.24. The highest BCUT2D eigenvalue weighted by atomic mass is 79.9. The summed E-state index contributed by atoms with van der Waals surface area (Å²) in [6.07, 6.45) is 0. The van der Waals surface area contributed by atoms with Crippen LogP contribution in [-0.4, -0.2) is 31.9 Å². The maximum atomic E-state index is 12.2. The van der Waals surface area contributed by atoms with Crippen molar-refractivity contribution in [3.8, 4) is 11.5 Å². The van der Waals surface area contributed by atoms with Crippen LogP contribution in [0.1, 0.15) is 25.5 Å². The molecule has 1 aromatic carbocycles. The number of rotatable bonds is 5. The highest BCUT2D eigenvalue weighted by molar-refractivity contribution is 9.10. The van der Waals surface area contributed by atoms with E-state index in [4.69, 9.17) is 26.4 Å². The second-order valence-electron chi connectivity index (χ2n) is 5.03. The average Bonchev–Trinajstić information content (AvgIpc) is 2.53. The summed E-state index contributed by atoms with van der Waals surface area (Å²) in [4.78, 5) is 12.2. The summed E-state index contributed by atoms with van der Waals surface area (Å²) in [7, 11) is 2.92. The second-order valence-corrected chi connectivity index (χ2v) is 6.29. The van der Waals surface area contributed by atoms with Crippen molar-refractivity contribution >= 4 is 39.2 Å². The Morgan fingerprint density at radius 1 is 1.38 bits per heavy atom. The zero-order valence-electron chi connectivity index (χ0n) is 13.9. The number of halogens is 1. The molecule has 0 aliphatic carbocycles. The number of hydrogen-bond donors (Lipinski definition) is 2. The topological polar surface area (TPSA) is 68.8 Å². The Morgan fingerprint density at radius 3 is 2.67 bits per heavy atom. The van der Waals surface area contributed by atoms with E-state index in [-0.39, 0.29) is 0 Å². The summed E-state index contributed by atoms with van der Waals surface area (Å²) in [5.74, 6) is 0.750. The third-order valence-corrected chi connectivity index (χ3v) is 4.35. The van der Waals surface area contributed by atoms with Crippen LogP contribution in [0.15, 0.2) is 27.9 Å². The number of esters is 1. The molecule has 0 bridgehead atoms. The molecule has 0 fully saturated rings. The van der Waals surface area contributed by atoms with Crippen molar-refractivity contribution in [1.82, 2.24) is 10.6 Å². The van der Waals surface area contributed by atoms with Crippen LogP contribution in [0.25, 0.3) is 0 Å². The highest BCUT2D eigenvalue weighted by Crippen LogP contribution is 2.40. The van der Waals surface area contributed by atoms with Gasteiger partial charge < -0.3 is 24.8 Å². The Balaban J connectivity index is 2.57. The molecule has 1 aliphatic rings. The molecule has 0 unspecified atom stereocenters. The van der Waals surface area contributed by atoms with Gasteiger partial charge in [0.25, 0.3) is 0 Å². The summed E-state index contributed by atoms with van der Waals surface area (Å²) in [5.41, 5.74) is 1.92. The van der Waals surface area contributed by atoms with E-state index in [1.54, 1.807) is 14.0 Å². The lowest BCUT2D eigenvalue weighted by molar-refractivity contribution is -0.136. The standard InChI is InChI=1S/C16H19BrN2O4S/c1-5-23-11-7-9(6-10(17)14(11)21-3)13-12(15(20)22-4)8(2)18-16(24)19-13/h6-7,13H,5H2,1-4H3,(H2,18,19,24)/t13-/m0/s1. The zero-order chi connectivity index (χ0) is 17.9. The summed E-state index contributed by atoms with van der Waals surface area (Å²) >= 11 is 8.71. The van der Waals surface area contributed by atoms with E-state index in [0.29, 0.717) is 34.5 Å². The van der Waals surface area contributed by atoms with Crippen molar-refractivity contribution < 1.29 is 19.0 Å². The molecule has 8 heteroatoms. The third kappa shape index (κ3) is 3.64. The summed E-state index contributed by atoms with van der Waals surface area (Å²) in [5, 5.41) is 6.50. The number of thiocarbonyl (C=S) groups is 1. The average molecular weight is 415 g/mol. The second kappa shape index (κ2) is 7.85. The van der Waals surface area contributed by atoms with E-state index in [0.717, 1.165) is 10.0 Å². The van der Waals surface area contributed by atoms with Gasteiger partial charge in [0.05, 0.1) is 36.9 Å².